The first-order valence-corrected chi connectivity index (χ1v) is 6.82. The molecular formula is C13H26N2O. The Labute approximate surface area is 99.5 Å². The number of morpholine rings is 1. The van der Waals surface area contributed by atoms with Crippen LogP contribution in [0.15, 0.2) is 0 Å². The zero-order chi connectivity index (χ0) is 11.4. The molecule has 0 radical (unpaired) electrons. The van der Waals surface area contributed by atoms with E-state index in [1.54, 1.807) is 0 Å². The van der Waals surface area contributed by atoms with Crippen molar-refractivity contribution in [3.05, 3.63) is 0 Å². The number of rotatable bonds is 4. The van der Waals surface area contributed by atoms with Crippen molar-refractivity contribution < 1.29 is 4.74 Å². The molecule has 0 bridgehead atoms. The van der Waals surface area contributed by atoms with Crippen LogP contribution in [0.25, 0.3) is 0 Å². The quantitative estimate of drug-likeness (QED) is 0.786. The van der Waals surface area contributed by atoms with Gasteiger partial charge in [-0.25, -0.2) is 0 Å². The van der Waals surface area contributed by atoms with E-state index in [4.69, 9.17) is 4.74 Å². The molecule has 0 aromatic rings. The molecule has 0 aliphatic carbocycles. The number of hydrogen-bond donors (Lipinski definition) is 1. The molecule has 2 aliphatic rings. The molecule has 3 unspecified atom stereocenters. The third kappa shape index (κ3) is 3.72. The van der Waals surface area contributed by atoms with Gasteiger partial charge in [-0.1, -0.05) is 0 Å². The van der Waals surface area contributed by atoms with E-state index in [9.17, 15) is 0 Å². The largest absolute Gasteiger partial charge is 0.373 e. The highest BCUT2D eigenvalue weighted by Crippen LogP contribution is 2.16. The van der Waals surface area contributed by atoms with Gasteiger partial charge < -0.3 is 10.1 Å². The van der Waals surface area contributed by atoms with Crippen LogP contribution in [0.5, 0.6) is 0 Å². The summed E-state index contributed by atoms with van der Waals surface area (Å²) in [5, 5.41) is 3.44. The van der Waals surface area contributed by atoms with Crippen molar-refractivity contribution >= 4 is 0 Å². The Bertz CT molecular complexity index is 194. The molecule has 2 saturated heterocycles. The van der Waals surface area contributed by atoms with Gasteiger partial charge in [0.25, 0.3) is 0 Å². The second-order valence-electron chi connectivity index (χ2n) is 5.52. The predicted molar refractivity (Wildman–Crippen MR) is 66.7 cm³/mol. The number of ether oxygens (including phenoxy) is 1. The topological polar surface area (TPSA) is 24.5 Å². The van der Waals surface area contributed by atoms with Crippen LogP contribution in [0.1, 0.15) is 33.1 Å². The van der Waals surface area contributed by atoms with Crippen molar-refractivity contribution in [1.29, 1.82) is 0 Å². The predicted octanol–water partition coefficient (Wildman–Crippen LogP) is 1.49. The van der Waals surface area contributed by atoms with E-state index in [1.807, 2.05) is 0 Å². The van der Waals surface area contributed by atoms with Gasteiger partial charge in [0.2, 0.25) is 0 Å². The Hall–Kier alpha value is -0.120. The van der Waals surface area contributed by atoms with E-state index in [-0.39, 0.29) is 0 Å². The molecule has 3 atom stereocenters. The zero-order valence-electron chi connectivity index (χ0n) is 10.7. The van der Waals surface area contributed by atoms with Gasteiger partial charge in [0, 0.05) is 13.1 Å². The van der Waals surface area contributed by atoms with Crippen LogP contribution in [0.3, 0.4) is 0 Å². The van der Waals surface area contributed by atoms with Crippen LogP contribution in [0, 0.1) is 5.92 Å². The zero-order valence-corrected chi connectivity index (χ0v) is 10.7. The lowest BCUT2D eigenvalue weighted by Gasteiger charge is -2.35. The Morgan fingerprint density at radius 3 is 2.62 bits per heavy atom. The minimum absolute atomic E-state index is 0.414. The summed E-state index contributed by atoms with van der Waals surface area (Å²) in [5.74, 6) is 0.941. The van der Waals surface area contributed by atoms with Crippen molar-refractivity contribution in [2.24, 2.45) is 5.92 Å². The summed E-state index contributed by atoms with van der Waals surface area (Å²) in [5.41, 5.74) is 0. The van der Waals surface area contributed by atoms with Crippen molar-refractivity contribution in [2.45, 2.75) is 45.3 Å². The van der Waals surface area contributed by atoms with Crippen LogP contribution in [-0.2, 0) is 4.74 Å². The smallest absolute Gasteiger partial charge is 0.0678 e. The minimum Gasteiger partial charge on any atom is -0.373 e. The maximum Gasteiger partial charge on any atom is 0.0678 e. The molecule has 3 heteroatoms. The average Bonchev–Trinajstić information content (AvgIpc) is 2.69. The standard InChI is InChI=1S/C13H26N2O/c1-11-9-15(10-12(2)16-11)7-3-4-13-5-6-14-8-13/h11-14H,3-10H2,1-2H3. The second-order valence-corrected chi connectivity index (χ2v) is 5.52. The fraction of sp³-hybridized carbons (Fsp3) is 1.00. The summed E-state index contributed by atoms with van der Waals surface area (Å²) in [6.45, 7) is 10.3. The maximum atomic E-state index is 5.74. The molecule has 0 aromatic carbocycles. The molecule has 0 aromatic heterocycles. The van der Waals surface area contributed by atoms with Crippen molar-refractivity contribution in [2.75, 3.05) is 32.7 Å². The van der Waals surface area contributed by atoms with E-state index in [0.29, 0.717) is 12.2 Å². The van der Waals surface area contributed by atoms with E-state index in [1.165, 1.54) is 38.9 Å². The molecule has 94 valence electrons. The maximum absolute atomic E-state index is 5.74. The lowest BCUT2D eigenvalue weighted by atomic mass is 10.0. The summed E-state index contributed by atoms with van der Waals surface area (Å²) in [7, 11) is 0. The minimum atomic E-state index is 0.414. The number of nitrogens with one attached hydrogen (secondary N) is 1. The lowest BCUT2D eigenvalue weighted by Crippen LogP contribution is -2.45. The molecule has 3 nitrogen and oxygen atoms in total. The van der Waals surface area contributed by atoms with Crippen LogP contribution in [-0.4, -0.2) is 49.8 Å². The molecular weight excluding hydrogens is 200 g/mol. The molecule has 2 fully saturated rings. The Morgan fingerprint density at radius 1 is 1.25 bits per heavy atom. The third-order valence-electron chi connectivity index (χ3n) is 3.74. The highest BCUT2D eigenvalue weighted by atomic mass is 16.5. The molecule has 2 rings (SSSR count). The average molecular weight is 226 g/mol. The van der Waals surface area contributed by atoms with Gasteiger partial charge in [0.1, 0.15) is 0 Å². The van der Waals surface area contributed by atoms with E-state index < -0.39 is 0 Å². The molecule has 0 spiro atoms. The normalized spacial score (nSPS) is 36.8. The second kappa shape index (κ2) is 5.99. The molecule has 0 saturated carbocycles. The first-order chi connectivity index (χ1) is 7.74. The first kappa shape index (κ1) is 12.3. The van der Waals surface area contributed by atoms with Gasteiger partial charge >= 0.3 is 0 Å². The molecule has 16 heavy (non-hydrogen) atoms. The van der Waals surface area contributed by atoms with Gasteiger partial charge in [-0.3, -0.25) is 4.90 Å². The highest BCUT2D eigenvalue weighted by molar-refractivity contribution is 4.75. The monoisotopic (exact) mass is 226 g/mol. The van der Waals surface area contributed by atoms with Crippen LogP contribution >= 0.6 is 0 Å². The van der Waals surface area contributed by atoms with Gasteiger partial charge in [-0.2, -0.15) is 0 Å². The number of nitrogens with zero attached hydrogens (tertiary/aromatic N) is 1. The Kier molecular flexibility index (Phi) is 4.62. The third-order valence-corrected chi connectivity index (χ3v) is 3.74. The van der Waals surface area contributed by atoms with E-state index in [0.717, 1.165) is 19.0 Å². The van der Waals surface area contributed by atoms with E-state index in [2.05, 4.69) is 24.1 Å². The number of hydrogen-bond acceptors (Lipinski definition) is 3. The van der Waals surface area contributed by atoms with Crippen molar-refractivity contribution in [3.63, 3.8) is 0 Å². The molecule has 1 N–H and O–H groups in total. The van der Waals surface area contributed by atoms with Gasteiger partial charge in [0.15, 0.2) is 0 Å². The fourth-order valence-electron chi connectivity index (χ4n) is 3.03. The van der Waals surface area contributed by atoms with Gasteiger partial charge in [0.05, 0.1) is 12.2 Å². The van der Waals surface area contributed by atoms with E-state index >= 15 is 0 Å². The Morgan fingerprint density at radius 2 is 2.00 bits per heavy atom. The van der Waals surface area contributed by atoms with Crippen molar-refractivity contribution in [1.82, 2.24) is 10.2 Å². The lowest BCUT2D eigenvalue weighted by molar-refractivity contribution is -0.0683. The Balaban J connectivity index is 1.61. The van der Waals surface area contributed by atoms with Crippen LogP contribution < -0.4 is 5.32 Å². The first-order valence-electron chi connectivity index (χ1n) is 6.82. The van der Waals surface area contributed by atoms with Crippen LogP contribution in [0.4, 0.5) is 0 Å². The summed E-state index contributed by atoms with van der Waals surface area (Å²) >= 11 is 0. The summed E-state index contributed by atoms with van der Waals surface area (Å²) < 4.78 is 5.74. The van der Waals surface area contributed by atoms with Crippen molar-refractivity contribution in [3.8, 4) is 0 Å². The molecule has 2 heterocycles. The molecule has 0 amide bonds. The van der Waals surface area contributed by atoms with Gasteiger partial charge in [-0.15, -0.1) is 0 Å². The van der Waals surface area contributed by atoms with Crippen LogP contribution in [0.2, 0.25) is 0 Å². The highest BCUT2D eigenvalue weighted by Gasteiger charge is 2.22. The fourth-order valence-corrected chi connectivity index (χ4v) is 3.03. The summed E-state index contributed by atoms with van der Waals surface area (Å²) in [6.07, 6.45) is 4.96. The van der Waals surface area contributed by atoms with Gasteiger partial charge in [-0.05, 0) is 58.7 Å². The summed E-state index contributed by atoms with van der Waals surface area (Å²) in [6, 6.07) is 0. The summed E-state index contributed by atoms with van der Waals surface area (Å²) in [4.78, 5) is 2.57. The molecule has 2 aliphatic heterocycles. The SMILES string of the molecule is CC1CN(CCCC2CCNC2)CC(C)O1.